The number of nitrogens with zero attached hydrogens (tertiary/aromatic N) is 4. The lowest BCUT2D eigenvalue weighted by Gasteiger charge is -2.15. The molecule has 166 valence electrons. The standard InChI is InChI=1S/C26H24N4O3/c1-3-25(31)28-14-12-20(17-28)30-22-11-13-27-16-23(22)29(26(30)32)19-9-10-24(18(2)15-19)33-21-7-5-4-6-8-21/h3-11,13,15-16,20H,1,12,14,17H2,2H3. The van der Waals surface area contributed by atoms with Crippen LogP contribution in [-0.4, -0.2) is 38.0 Å². The average molecular weight is 441 g/mol. The van der Waals surface area contributed by atoms with Crippen LogP contribution in [0.15, 0.2) is 84.4 Å². The van der Waals surface area contributed by atoms with Gasteiger partial charge in [-0.05, 0) is 61.4 Å². The number of aromatic nitrogens is 3. The van der Waals surface area contributed by atoms with Gasteiger partial charge in [0.2, 0.25) is 5.91 Å². The van der Waals surface area contributed by atoms with Gasteiger partial charge in [-0.25, -0.2) is 4.79 Å². The second-order valence-corrected chi connectivity index (χ2v) is 8.15. The molecule has 0 bridgehead atoms. The molecule has 1 aliphatic heterocycles. The average Bonchev–Trinajstić information content (AvgIpc) is 3.42. The van der Waals surface area contributed by atoms with E-state index in [1.807, 2.05) is 61.5 Å². The van der Waals surface area contributed by atoms with Crippen LogP contribution < -0.4 is 10.4 Å². The molecule has 1 fully saturated rings. The van der Waals surface area contributed by atoms with Crippen LogP contribution >= 0.6 is 0 Å². The van der Waals surface area contributed by atoms with Crippen LogP contribution in [0.1, 0.15) is 18.0 Å². The minimum absolute atomic E-state index is 0.102. The van der Waals surface area contributed by atoms with Crippen molar-refractivity contribution < 1.29 is 9.53 Å². The molecule has 0 radical (unpaired) electrons. The third-order valence-electron chi connectivity index (χ3n) is 6.08. The molecule has 1 saturated heterocycles. The van der Waals surface area contributed by atoms with Crippen molar-refractivity contribution in [3.8, 4) is 17.2 Å². The Morgan fingerprint density at radius 2 is 1.97 bits per heavy atom. The molecule has 1 unspecified atom stereocenters. The molecule has 0 N–H and O–H groups in total. The van der Waals surface area contributed by atoms with Crippen molar-refractivity contribution in [2.75, 3.05) is 13.1 Å². The number of para-hydroxylation sites is 1. The van der Waals surface area contributed by atoms with Crippen LogP contribution in [0.5, 0.6) is 11.5 Å². The Balaban J connectivity index is 1.55. The summed E-state index contributed by atoms with van der Waals surface area (Å²) in [6.07, 6.45) is 5.43. The molecule has 33 heavy (non-hydrogen) atoms. The van der Waals surface area contributed by atoms with Crippen LogP contribution in [-0.2, 0) is 4.79 Å². The van der Waals surface area contributed by atoms with Crippen LogP contribution in [0.4, 0.5) is 0 Å². The number of imidazole rings is 1. The number of fused-ring (bicyclic) bond motifs is 1. The fourth-order valence-electron chi connectivity index (χ4n) is 4.46. The maximum absolute atomic E-state index is 13.7. The quantitative estimate of drug-likeness (QED) is 0.435. The van der Waals surface area contributed by atoms with Crippen molar-refractivity contribution in [1.82, 2.24) is 19.0 Å². The number of aryl methyl sites for hydroxylation is 1. The second kappa shape index (κ2) is 8.43. The number of rotatable bonds is 5. The zero-order valence-electron chi connectivity index (χ0n) is 18.3. The van der Waals surface area contributed by atoms with Gasteiger partial charge in [-0.1, -0.05) is 24.8 Å². The van der Waals surface area contributed by atoms with Crippen molar-refractivity contribution in [1.29, 1.82) is 0 Å². The highest BCUT2D eigenvalue weighted by molar-refractivity contribution is 5.87. The van der Waals surface area contributed by atoms with Gasteiger partial charge in [0.05, 0.1) is 29.0 Å². The van der Waals surface area contributed by atoms with E-state index in [9.17, 15) is 9.59 Å². The number of likely N-dealkylation sites (tertiary alicyclic amines) is 1. The van der Waals surface area contributed by atoms with Gasteiger partial charge in [0.25, 0.3) is 0 Å². The van der Waals surface area contributed by atoms with Gasteiger partial charge in [0, 0.05) is 19.3 Å². The van der Waals surface area contributed by atoms with Gasteiger partial charge in [-0.15, -0.1) is 0 Å². The third-order valence-corrected chi connectivity index (χ3v) is 6.08. The Hall–Kier alpha value is -4.13. The van der Waals surface area contributed by atoms with E-state index in [2.05, 4.69) is 11.6 Å². The summed E-state index contributed by atoms with van der Waals surface area (Å²) in [5.74, 6) is 1.38. The first-order valence-electron chi connectivity index (χ1n) is 10.9. The minimum atomic E-state index is -0.146. The first-order chi connectivity index (χ1) is 16.1. The number of hydrogen-bond acceptors (Lipinski definition) is 4. The molecule has 5 rings (SSSR count). The van der Waals surface area contributed by atoms with Crippen molar-refractivity contribution in [2.45, 2.75) is 19.4 Å². The molecule has 1 amide bonds. The van der Waals surface area contributed by atoms with E-state index >= 15 is 0 Å². The molecule has 2 aromatic carbocycles. The molecule has 0 spiro atoms. The normalized spacial score (nSPS) is 15.7. The van der Waals surface area contributed by atoms with E-state index in [0.29, 0.717) is 19.5 Å². The predicted octanol–water partition coefficient (Wildman–Crippen LogP) is 4.25. The first-order valence-corrected chi connectivity index (χ1v) is 10.9. The number of ether oxygens (including phenoxy) is 1. The summed E-state index contributed by atoms with van der Waals surface area (Å²) in [6.45, 7) is 6.61. The lowest BCUT2D eigenvalue weighted by atomic mass is 10.2. The van der Waals surface area contributed by atoms with Gasteiger partial charge in [0.15, 0.2) is 0 Å². The summed E-state index contributed by atoms with van der Waals surface area (Å²) in [5, 5.41) is 0. The molecule has 7 nitrogen and oxygen atoms in total. The van der Waals surface area contributed by atoms with Gasteiger partial charge in [0.1, 0.15) is 11.5 Å². The summed E-state index contributed by atoms with van der Waals surface area (Å²) < 4.78 is 9.47. The highest BCUT2D eigenvalue weighted by Crippen LogP contribution is 2.29. The monoisotopic (exact) mass is 440 g/mol. The van der Waals surface area contributed by atoms with Gasteiger partial charge >= 0.3 is 5.69 Å². The molecule has 1 atom stereocenters. The summed E-state index contributed by atoms with van der Waals surface area (Å²) in [6, 6.07) is 17.0. The molecular formula is C26H24N4O3. The molecule has 0 aliphatic carbocycles. The largest absolute Gasteiger partial charge is 0.457 e. The topological polar surface area (TPSA) is 69.4 Å². The molecule has 4 aromatic rings. The lowest BCUT2D eigenvalue weighted by Crippen LogP contribution is -2.31. The van der Waals surface area contributed by atoms with Crippen LogP contribution in [0, 0.1) is 6.92 Å². The Morgan fingerprint density at radius 3 is 2.73 bits per heavy atom. The zero-order chi connectivity index (χ0) is 22.9. The number of hydrogen-bond donors (Lipinski definition) is 0. The molecule has 1 aliphatic rings. The Kier molecular flexibility index (Phi) is 5.30. The van der Waals surface area contributed by atoms with Crippen LogP contribution in [0.25, 0.3) is 16.7 Å². The number of pyridine rings is 1. The Labute approximate surface area is 191 Å². The summed E-state index contributed by atoms with van der Waals surface area (Å²) in [7, 11) is 0. The Morgan fingerprint density at radius 1 is 1.15 bits per heavy atom. The predicted molar refractivity (Wildman–Crippen MR) is 127 cm³/mol. The van der Waals surface area contributed by atoms with Gasteiger partial charge < -0.3 is 9.64 Å². The lowest BCUT2D eigenvalue weighted by molar-refractivity contribution is -0.125. The molecule has 3 heterocycles. The summed E-state index contributed by atoms with van der Waals surface area (Å²) in [5.41, 5.74) is 3.04. The number of benzene rings is 2. The number of carbonyl (C=O) groups is 1. The van der Waals surface area contributed by atoms with Gasteiger partial charge in [-0.3, -0.25) is 18.9 Å². The third kappa shape index (κ3) is 3.71. The zero-order valence-corrected chi connectivity index (χ0v) is 18.3. The summed E-state index contributed by atoms with van der Waals surface area (Å²) >= 11 is 0. The van der Waals surface area contributed by atoms with Crippen molar-refractivity contribution in [2.24, 2.45) is 0 Å². The molecular weight excluding hydrogens is 416 g/mol. The number of amides is 1. The second-order valence-electron chi connectivity index (χ2n) is 8.15. The summed E-state index contributed by atoms with van der Waals surface area (Å²) in [4.78, 5) is 31.7. The van der Waals surface area contributed by atoms with Crippen molar-refractivity contribution in [3.05, 3.63) is 95.7 Å². The van der Waals surface area contributed by atoms with E-state index in [1.54, 1.807) is 26.4 Å². The smallest absolute Gasteiger partial charge is 0.334 e. The minimum Gasteiger partial charge on any atom is -0.457 e. The molecule has 2 aromatic heterocycles. The van der Waals surface area contributed by atoms with E-state index in [0.717, 1.165) is 33.8 Å². The fraction of sp³-hybridized carbons (Fsp3) is 0.192. The molecule has 7 heteroatoms. The Bertz CT molecular complexity index is 1400. The van der Waals surface area contributed by atoms with Crippen molar-refractivity contribution in [3.63, 3.8) is 0 Å². The van der Waals surface area contributed by atoms with Crippen molar-refractivity contribution >= 4 is 16.9 Å². The highest BCUT2D eigenvalue weighted by atomic mass is 16.5. The van der Waals surface area contributed by atoms with E-state index in [1.165, 1.54) is 6.08 Å². The fourth-order valence-corrected chi connectivity index (χ4v) is 4.46. The molecule has 0 saturated carbocycles. The maximum atomic E-state index is 13.7. The SMILES string of the molecule is C=CC(=O)N1CCC(n2c(=O)n(-c3ccc(Oc4ccccc4)c(C)c3)c3cnccc32)C1. The maximum Gasteiger partial charge on any atom is 0.334 e. The number of carbonyl (C=O) groups excluding carboxylic acids is 1. The van der Waals surface area contributed by atoms with E-state index in [-0.39, 0.29) is 17.6 Å². The van der Waals surface area contributed by atoms with Crippen LogP contribution in [0.2, 0.25) is 0 Å². The van der Waals surface area contributed by atoms with Crippen LogP contribution in [0.3, 0.4) is 0 Å². The van der Waals surface area contributed by atoms with E-state index in [4.69, 9.17) is 4.74 Å². The van der Waals surface area contributed by atoms with Gasteiger partial charge in [-0.2, -0.15) is 0 Å². The van der Waals surface area contributed by atoms with E-state index < -0.39 is 0 Å². The first kappa shape index (κ1) is 20.8. The highest BCUT2D eigenvalue weighted by Gasteiger charge is 2.30.